The number of hydrogen-bond donors (Lipinski definition) is 1. The molecule has 1 aliphatic heterocycles. The van der Waals surface area contributed by atoms with Gasteiger partial charge in [0.15, 0.2) is 0 Å². The number of nitrogens with zero attached hydrogens (tertiary/aromatic N) is 1. The molecule has 0 aliphatic carbocycles. The van der Waals surface area contributed by atoms with Gasteiger partial charge in [-0.25, -0.2) is 8.42 Å². The van der Waals surface area contributed by atoms with Crippen LogP contribution in [-0.2, 0) is 14.8 Å². The van der Waals surface area contributed by atoms with Crippen LogP contribution >= 0.6 is 27.5 Å². The molecule has 1 fully saturated rings. The average molecular weight is 518 g/mol. The van der Waals surface area contributed by atoms with Crippen LogP contribution in [0.4, 0.5) is 5.69 Å². The number of ether oxygens (including phenoxy) is 2. The van der Waals surface area contributed by atoms with Gasteiger partial charge < -0.3 is 14.8 Å². The van der Waals surface area contributed by atoms with E-state index in [2.05, 4.69) is 21.2 Å². The highest BCUT2D eigenvalue weighted by molar-refractivity contribution is 9.10. The molecule has 162 valence electrons. The zero-order valence-corrected chi connectivity index (χ0v) is 19.7. The van der Waals surface area contributed by atoms with Gasteiger partial charge in [-0.05, 0) is 37.1 Å². The Bertz CT molecular complexity index is 1020. The van der Waals surface area contributed by atoms with Crippen molar-refractivity contribution in [2.75, 3.05) is 32.6 Å². The van der Waals surface area contributed by atoms with Gasteiger partial charge in [-0.1, -0.05) is 27.5 Å². The normalized spacial score (nSPS) is 15.6. The standard InChI is InChI=1S/C20H22BrClN2O5S/c1-28-18-12-17(19(29-2)11-16(18)22)23-20(25)13-7-9-24(10-8-13)30(26,27)15-5-3-14(21)4-6-15/h3-6,11-13H,7-10H2,1-2H3,(H,23,25). The number of benzene rings is 2. The fraction of sp³-hybridized carbons (Fsp3) is 0.350. The number of carbonyl (C=O) groups is 1. The first-order chi connectivity index (χ1) is 14.3. The molecule has 0 unspecified atom stereocenters. The molecular formula is C20H22BrClN2O5S. The fourth-order valence-corrected chi connectivity index (χ4v) is 5.27. The van der Waals surface area contributed by atoms with Crippen LogP contribution in [0.1, 0.15) is 12.8 Å². The molecule has 10 heteroatoms. The number of hydrogen-bond acceptors (Lipinski definition) is 5. The van der Waals surface area contributed by atoms with E-state index < -0.39 is 10.0 Å². The number of amides is 1. The molecule has 7 nitrogen and oxygen atoms in total. The van der Waals surface area contributed by atoms with E-state index in [9.17, 15) is 13.2 Å². The van der Waals surface area contributed by atoms with Gasteiger partial charge in [-0.15, -0.1) is 0 Å². The van der Waals surface area contributed by atoms with Crippen LogP contribution < -0.4 is 14.8 Å². The van der Waals surface area contributed by atoms with Crippen LogP contribution in [0, 0.1) is 5.92 Å². The van der Waals surface area contributed by atoms with Gasteiger partial charge in [-0.3, -0.25) is 4.79 Å². The van der Waals surface area contributed by atoms with Gasteiger partial charge in [0.1, 0.15) is 11.5 Å². The Morgan fingerprint density at radius 3 is 2.27 bits per heavy atom. The van der Waals surface area contributed by atoms with Gasteiger partial charge in [0, 0.05) is 35.6 Å². The van der Waals surface area contributed by atoms with Crippen LogP contribution in [0.2, 0.25) is 5.02 Å². The summed E-state index contributed by atoms with van der Waals surface area (Å²) in [6, 6.07) is 9.70. The number of methoxy groups -OCH3 is 2. The van der Waals surface area contributed by atoms with Crippen molar-refractivity contribution in [1.82, 2.24) is 4.31 Å². The summed E-state index contributed by atoms with van der Waals surface area (Å²) in [7, 11) is -0.609. The second-order valence-electron chi connectivity index (χ2n) is 6.81. The van der Waals surface area contributed by atoms with Gasteiger partial charge in [0.25, 0.3) is 0 Å². The van der Waals surface area contributed by atoms with E-state index in [1.807, 2.05) is 0 Å². The number of sulfonamides is 1. The molecule has 1 heterocycles. The maximum absolute atomic E-state index is 12.8. The first kappa shape index (κ1) is 22.9. The van der Waals surface area contributed by atoms with Crippen LogP contribution in [-0.4, -0.2) is 45.9 Å². The molecule has 30 heavy (non-hydrogen) atoms. The molecule has 0 spiro atoms. The molecule has 0 aromatic heterocycles. The van der Waals surface area contributed by atoms with E-state index in [4.69, 9.17) is 21.1 Å². The Hall–Kier alpha value is -1.81. The third kappa shape index (κ3) is 4.91. The SMILES string of the molecule is COc1cc(NC(=O)C2CCN(S(=O)(=O)c3ccc(Br)cc3)CC2)c(OC)cc1Cl. The van der Waals surface area contributed by atoms with Gasteiger partial charge in [0.2, 0.25) is 15.9 Å². The van der Waals surface area contributed by atoms with E-state index >= 15 is 0 Å². The van der Waals surface area contributed by atoms with Crippen molar-refractivity contribution in [2.24, 2.45) is 5.92 Å². The lowest BCUT2D eigenvalue weighted by atomic mass is 9.97. The Morgan fingerprint density at radius 2 is 1.70 bits per heavy atom. The van der Waals surface area contributed by atoms with Gasteiger partial charge >= 0.3 is 0 Å². The minimum atomic E-state index is -3.58. The van der Waals surface area contributed by atoms with Crippen LogP contribution in [0.5, 0.6) is 11.5 Å². The zero-order valence-electron chi connectivity index (χ0n) is 16.5. The molecule has 1 amide bonds. The summed E-state index contributed by atoms with van der Waals surface area (Å²) in [6.45, 7) is 0.551. The van der Waals surface area contributed by atoms with Crippen LogP contribution in [0.3, 0.4) is 0 Å². The summed E-state index contributed by atoms with van der Waals surface area (Å²) >= 11 is 9.41. The van der Waals surface area contributed by atoms with Crippen molar-refractivity contribution < 1.29 is 22.7 Å². The number of anilines is 1. The van der Waals surface area contributed by atoms with Crippen molar-refractivity contribution >= 4 is 49.1 Å². The second-order valence-corrected chi connectivity index (χ2v) is 10.1. The largest absolute Gasteiger partial charge is 0.495 e. The highest BCUT2D eigenvalue weighted by Crippen LogP contribution is 2.36. The molecule has 0 bridgehead atoms. The Kier molecular flexibility index (Phi) is 7.28. The molecule has 1 aliphatic rings. The predicted octanol–water partition coefficient (Wildman–Crippen LogP) is 4.16. The summed E-state index contributed by atoms with van der Waals surface area (Å²) in [5, 5.41) is 3.22. The van der Waals surface area contributed by atoms with E-state index in [1.54, 1.807) is 36.4 Å². The quantitative estimate of drug-likeness (QED) is 0.622. The van der Waals surface area contributed by atoms with E-state index in [1.165, 1.54) is 18.5 Å². The van der Waals surface area contributed by atoms with Crippen molar-refractivity contribution in [3.05, 3.63) is 45.9 Å². The summed E-state index contributed by atoms with van der Waals surface area (Å²) in [5.41, 5.74) is 0.452. The molecule has 1 N–H and O–H groups in total. The molecule has 0 atom stereocenters. The number of halogens is 2. The van der Waals surface area contributed by atoms with Crippen LogP contribution in [0.25, 0.3) is 0 Å². The third-order valence-electron chi connectivity index (χ3n) is 5.01. The lowest BCUT2D eigenvalue weighted by Gasteiger charge is -2.30. The minimum absolute atomic E-state index is 0.196. The molecule has 3 rings (SSSR count). The lowest BCUT2D eigenvalue weighted by molar-refractivity contribution is -0.120. The van der Waals surface area contributed by atoms with E-state index in [-0.39, 0.29) is 29.8 Å². The van der Waals surface area contributed by atoms with E-state index in [0.29, 0.717) is 35.1 Å². The summed E-state index contributed by atoms with van der Waals surface area (Å²) in [4.78, 5) is 13.0. The summed E-state index contributed by atoms with van der Waals surface area (Å²) in [6.07, 6.45) is 0.850. The predicted molar refractivity (Wildman–Crippen MR) is 119 cm³/mol. The first-order valence-electron chi connectivity index (χ1n) is 9.24. The topological polar surface area (TPSA) is 84.9 Å². The maximum Gasteiger partial charge on any atom is 0.243 e. The monoisotopic (exact) mass is 516 g/mol. The van der Waals surface area contributed by atoms with Crippen molar-refractivity contribution in [3.63, 3.8) is 0 Å². The molecule has 0 radical (unpaired) electrons. The highest BCUT2D eigenvalue weighted by Gasteiger charge is 2.32. The second kappa shape index (κ2) is 9.55. The highest BCUT2D eigenvalue weighted by atomic mass is 79.9. The Morgan fingerprint density at radius 1 is 1.10 bits per heavy atom. The number of rotatable bonds is 6. The molecule has 1 saturated heterocycles. The fourth-order valence-electron chi connectivity index (χ4n) is 3.31. The van der Waals surface area contributed by atoms with Gasteiger partial charge in [0.05, 0.1) is 29.8 Å². The molecular weight excluding hydrogens is 496 g/mol. The van der Waals surface area contributed by atoms with E-state index in [0.717, 1.165) is 4.47 Å². The third-order valence-corrected chi connectivity index (χ3v) is 7.74. The Balaban J connectivity index is 1.67. The summed E-state index contributed by atoms with van der Waals surface area (Å²) < 4.78 is 38.4. The molecule has 2 aromatic carbocycles. The van der Waals surface area contributed by atoms with Crippen LogP contribution in [0.15, 0.2) is 45.8 Å². The number of nitrogens with one attached hydrogen (secondary N) is 1. The molecule has 0 saturated carbocycles. The zero-order chi connectivity index (χ0) is 21.9. The van der Waals surface area contributed by atoms with Gasteiger partial charge in [-0.2, -0.15) is 4.31 Å². The smallest absolute Gasteiger partial charge is 0.243 e. The maximum atomic E-state index is 12.8. The number of carbonyl (C=O) groups excluding carboxylic acids is 1. The Labute approximate surface area is 189 Å². The summed E-state index contributed by atoms with van der Waals surface area (Å²) in [5.74, 6) is 0.332. The van der Waals surface area contributed by atoms with Crippen molar-refractivity contribution in [2.45, 2.75) is 17.7 Å². The minimum Gasteiger partial charge on any atom is -0.495 e. The van der Waals surface area contributed by atoms with Crippen molar-refractivity contribution in [1.29, 1.82) is 0 Å². The first-order valence-corrected chi connectivity index (χ1v) is 11.9. The lowest BCUT2D eigenvalue weighted by Crippen LogP contribution is -2.41. The van der Waals surface area contributed by atoms with Crippen molar-refractivity contribution in [3.8, 4) is 11.5 Å². The average Bonchev–Trinajstić information content (AvgIpc) is 2.75. The number of piperidine rings is 1. The molecule has 2 aromatic rings.